The van der Waals surface area contributed by atoms with Crippen molar-refractivity contribution in [2.75, 3.05) is 20.1 Å². The number of hydrogen-bond acceptors (Lipinski definition) is 2. The van der Waals surface area contributed by atoms with Crippen molar-refractivity contribution in [2.24, 2.45) is 11.7 Å². The van der Waals surface area contributed by atoms with E-state index in [1.54, 1.807) is 6.08 Å². The molecular weight excluding hydrogens is 201 g/mol. The molecule has 1 unspecified atom stereocenters. The van der Waals surface area contributed by atoms with Crippen molar-refractivity contribution >= 4 is 10.1 Å². The second-order valence-electron chi connectivity index (χ2n) is 3.46. The van der Waals surface area contributed by atoms with Crippen molar-refractivity contribution in [2.45, 2.75) is 6.42 Å². The molecule has 1 fully saturated rings. The number of nitrogens with one attached hydrogen (secondary N) is 1. The summed E-state index contributed by atoms with van der Waals surface area (Å²) in [6.45, 7) is 2.28. The molecule has 0 aromatic rings. The monoisotopic (exact) mass is 216 g/mol. The summed E-state index contributed by atoms with van der Waals surface area (Å²) in [5, 5.41) is 7.06. The molecule has 0 bridgehead atoms. The van der Waals surface area contributed by atoms with Gasteiger partial charge < -0.3 is 0 Å². The van der Waals surface area contributed by atoms with Crippen LogP contribution < -0.4 is 5.73 Å². The third kappa shape index (κ3) is 3.47. The number of hydrogen-bond donors (Lipinski definition) is 2. The molecule has 1 atom stereocenters. The van der Waals surface area contributed by atoms with Crippen LogP contribution >= 0.6 is 0 Å². The number of amidine groups is 1. The second-order valence-corrected chi connectivity index (χ2v) is 4.27. The molecule has 1 saturated heterocycles. The van der Waals surface area contributed by atoms with Crippen molar-refractivity contribution in [1.82, 2.24) is 4.90 Å². The van der Waals surface area contributed by atoms with E-state index in [1.165, 1.54) is 17.2 Å². The van der Waals surface area contributed by atoms with Crippen molar-refractivity contribution in [1.29, 1.82) is 5.41 Å². The molecule has 71 valence electrons. The molecule has 0 spiro atoms. The Labute approximate surface area is 88.0 Å². The van der Waals surface area contributed by atoms with E-state index in [-0.39, 0.29) is 5.84 Å². The van der Waals surface area contributed by atoms with Gasteiger partial charge in [-0.3, -0.25) is 0 Å². The van der Waals surface area contributed by atoms with Crippen LogP contribution in [0.4, 0.5) is 0 Å². The Morgan fingerprint density at radius 3 is 2.77 bits per heavy atom. The SMILES string of the molecule is CN1CCC([C](=[V])C=CC(=N)N)C1. The maximum atomic E-state index is 7.06. The molecule has 1 aliphatic heterocycles. The number of nitrogens with zero attached hydrogens (tertiary/aromatic N) is 1. The van der Waals surface area contributed by atoms with Crippen molar-refractivity contribution in [3.63, 3.8) is 0 Å². The van der Waals surface area contributed by atoms with Gasteiger partial charge in [0.25, 0.3) is 0 Å². The summed E-state index contributed by atoms with van der Waals surface area (Å²) in [6, 6.07) is 0. The number of likely N-dealkylation sites (tertiary alicyclic amines) is 1. The van der Waals surface area contributed by atoms with Crippen LogP contribution in [0.15, 0.2) is 12.2 Å². The molecule has 13 heavy (non-hydrogen) atoms. The number of allylic oxidation sites excluding steroid dienone is 1. The van der Waals surface area contributed by atoms with Gasteiger partial charge in [0, 0.05) is 0 Å². The molecule has 1 rings (SSSR count). The minimum absolute atomic E-state index is 0.120. The van der Waals surface area contributed by atoms with Crippen LogP contribution in [0.5, 0.6) is 0 Å². The Balaban J connectivity index is 2.44. The predicted octanol–water partition coefficient (Wildman–Crippen LogP) is 0.149. The third-order valence-electron chi connectivity index (χ3n) is 2.24. The van der Waals surface area contributed by atoms with Crippen molar-refractivity contribution < 1.29 is 17.0 Å². The van der Waals surface area contributed by atoms with Crippen LogP contribution in [-0.4, -0.2) is 35.1 Å². The fraction of sp³-hybridized carbons (Fsp3) is 0.556. The summed E-state index contributed by atoms with van der Waals surface area (Å²) >= 11 is 2.58. The molecular formula is C9H15N3V. The van der Waals surface area contributed by atoms with E-state index in [4.69, 9.17) is 11.1 Å². The van der Waals surface area contributed by atoms with Crippen LogP contribution in [0.3, 0.4) is 0 Å². The first-order valence-corrected chi connectivity index (χ1v) is 5.06. The molecule has 0 radical (unpaired) electrons. The molecule has 3 N–H and O–H groups in total. The fourth-order valence-electron chi connectivity index (χ4n) is 1.49. The second kappa shape index (κ2) is 4.75. The van der Waals surface area contributed by atoms with E-state index >= 15 is 0 Å². The van der Waals surface area contributed by atoms with E-state index < -0.39 is 0 Å². The van der Waals surface area contributed by atoms with Gasteiger partial charge in [0.1, 0.15) is 0 Å². The summed E-state index contributed by atoms with van der Waals surface area (Å²) in [6.07, 6.45) is 4.79. The molecule has 4 heteroatoms. The third-order valence-corrected chi connectivity index (χ3v) is 3.05. The fourth-order valence-corrected chi connectivity index (χ4v) is 1.93. The molecule has 1 heterocycles. The average molecular weight is 216 g/mol. The van der Waals surface area contributed by atoms with Crippen molar-refractivity contribution in [3.8, 4) is 0 Å². The molecule has 0 aliphatic carbocycles. The first-order valence-electron chi connectivity index (χ1n) is 4.36. The van der Waals surface area contributed by atoms with Crippen LogP contribution in [0.25, 0.3) is 0 Å². The average Bonchev–Trinajstić information content (AvgIpc) is 2.47. The van der Waals surface area contributed by atoms with Crippen LogP contribution in [0.2, 0.25) is 0 Å². The molecule has 3 nitrogen and oxygen atoms in total. The zero-order valence-corrected chi connectivity index (χ0v) is 9.22. The van der Waals surface area contributed by atoms with Gasteiger partial charge in [-0.1, -0.05) is 0 Å². The Morgan fingerprint density at radius 1 is 1.62 bits per heavy atom. The van der Waals surface area contributed by atoms with Gasteiger partial charge >= 0.3 is 87.7 Å². The van der Waals surface area contributed by atoms with E-state index in [2.05, 4.69) is 28.9 Å². The molecule has 0 aromatic heterocycles. The van der Waals surface area contributed by atoms with Gasteiger partial charge in [0.15, 0.2) is 0 Å². The van der Waals surface area contributed by atoms with E-state index in [0.717, 1.165) is 6.54 Å². The Kier molecular flexibility index (Phi) is 3.91. The topological polar surface area (TPSA) is 53.1 Å². The summed E-state index contributed by atoms with van der Waals surface area (Å²) in [5.74, 6) is 0.746. The zero-order valence-electron chi connectivity index (χ0n) is 7.83. The first-order chi connectivity index (χ1) is 6.09. The van der Waals surface area contributed by atoms with Gasteiger partial charge in [-0.15, -0.1) is 0 Å². The van der Waals surface area contributed by atoms with E-state index in [1.807, 2.05) is 6.08 Å². The Morgan fingerprint density at radius 2 is 2.31 bits per heavy atom. The standard InChI is InChI=1S/C9H15N3.V/c1-12-6-5-8(7-12)3-2-4-9(10)11;/h2,4,8H,5-7H2,1H3,(H3,10,11);. The molecule has 0 amide bonds. The van der Waals surface area contributed by atoms with Gasteiger partial charge in [0.2, 0.25) is 0 Å². The maximum absolute atomic E-state index is 7.06. The Bertz CT molecular complexity index is 247. The number of rotatable bonds is 3. The number of nitrogens with two attached hydrogens (primary N) is 1. The first kappa shape index (κ1) is 10.7. The van der Waals surface area contributed by atoms with Gasteiger partial charge in [-0.2, -0.15) is 0 Å². The molecule has 0 aromatic carbocycles. The summed E-state index contributed by atoms with van der Waals surface area (Å²) < 4.78 is 1.27. The van der Waals surface area contributed by atoms with Crippen LogP contribution in [-0.2, 0) is 17.0 Å². The van der Waals surface area contributed by atoms with Gasteiger partial charge in [0.05, 0.1) is 0 Å². The normalized spacial score (nSPS) is 23.8. The summed E-state index contributed by atoms with van der Waals surface area (Å²) in [4.78, 5) is 2.32. The zero-order chi connectivity index (χ0) is 9.84. The minimum atomic E-state index is 0.120. The molecule has 1 aliphatic rings. The van der Waals surface area contributed by atoms with Crippen molar-refractivity contribution in [3.05, 3.63) is 12.2 Å². The summed E-state index contributed by atoms with van der Waals surface area (Å²) in [7, 11) is 2.13. The predicted molar refractivity (Wildman–Crippen MR) is 51.7 cm³/mol. The quantitative estimate of drug-likeness (QED) is 0.521. The summed E-state index contributed by atoms with van der Waals surface area (Å²) in [5.41, 5.74) is 5.23. The molecule has 0 saturated carbocycles. The van der Waals surface area contributed by atoms with Crippen LogP contribution in [0.1, 0.15) is 6.42 Å². The van der Waals surface area contributed by atoms with Gasteiger partial charge in [-0.05, 0) is 0 Å². The van der Waals surface area contributed by atoms with Gasteiger partial charge in [-0.25, -0.2) is 0 Å². The Hall–Kier alpha value is -0.376. The van der Waals surface area contributed by atoms with E-state index in [0.29, 0.717) is 5.92 Å². The van der Waals surface area contributed by atoms with E-state index in [9.17, 15) is 0 Å². The van der Waals surface area contributed by atoms with Crippen LogP contribution in [0, 0.1) is 11.3 Å².